The molecular weight excluding hydrogens is 428 g/mol. The van der Waals surface area contributed by atoms with Crippen LogP contribution < -0.4 is 5.56 Å². The van der Waals surface area contributed by atoms with Gasteiger partial charge in [-0.15, -0.1) is 0 Å². The van der Waals surface area contributed by atoms with Crippen LogP contribution in [0.15, 0.2) is 41.3 Å². The minimum absolute atomic E-state index is 0.360. The standard InChI is InChI=1S/C20H21ClN4O6/c1-31-20(28)17-10-16(25(29)30)12-24(19(17)27)13-18(26)23-7-5-22(6-8-23)11-14-3-2-4-15(21)9-14/h2-4,9-10,12H,5-8,11,13H2,1H3. The lowest BCUT2D eigenvalue weighted by atomic mass is 10.2. The maximum absolute atomic E-state index is 12.7. The van der Waals surface area contributed by atoms with Crippen LogP contribution in [0.25, 0.3) is 0 Å². The molecule has 0 bridgehead atoms. The Morgan fingerprint density at radius 2 is 1.90 bits per heavy atom. The molecule has 1 saturated heterocycles. The molecule has 1 aliphatic rings. The fraction of sp³-hybridized carbons (Fsp3) is 0.350. The van der Waals surface area contributed by atoms with E-state index in [0.717, 1.165) is 29.5 Å². The molecule has 1 aromatic carbocycles. The maximum atomic E-state index is 12.7. The average molecular weight is 449 g/mol. The van der Waals surface area contributed by atoms with Gasteiger partial charge in [0.05, 0.1) is 18.2 Å². The van der Waals surface area contributed by atoms with E-state index in [1.807, 2.05) is 24.3 Å². The molecule has 1 fully saturated rings. The molecule has 1 amide bonds. The summed E-state index contributed by atoms with van der Waals surface area (Å²) in [6.45, 7) is 2.47. The summed E-state index contributed by atoms with van der Waals surface area (Å²) < 4.78 is 5.39. The van der Waals surface area contributed by atoms with Gasteiger partial charge in [-0.25, -0.2) is 4.79 Å². The monoisotopic (exact) mass is 448 g/mol. The van der Waals surface area contributed by atoms with Crippen LogP contribution in [-0.2, 0) is 22.6 Å². The number of halogens is 1. The van der Waals surface area contributed by atoms with Crippen LogP contribution in [0.5, 0.6) is 0 Å². The van der Waals surface area contributed by atoms with E-state index in [-0.39, 0.29) is 5.91 Å². The number of aromatic nitrogens is 1. The molecule has 10 nitrogen and oxygen atoms in total. The molecule has 0 aliphatic carbocycles. The number of carbonyl (C=O) groups excluding carboxylic acids is 2. The van der Waals surface area contributed by atoms with Crippen molar-refractivity contribution in [1.82, 2.24) is 14.4 Å². The predicted octanol–water partition coefficient (Wildman–Crippen LogP) is 1.54. The molecule has 31 heavy (non-hydrogen) atoms. The Balaban J connectivity index is 1.67. The molecule has 164 valence electrons. The second-order valence-corrected chi connectivity index (χ2v) is 7.52. The van der Waals surface area contributed by atoms with Crippen molar-refractivity contribution in [2.75, 3.05) is 33.3 Å². The van der Waals surface area contributed by atoms with Crippen molar-refractivity contribution in [3.63, 3.8) is 0 Å². The number of rotatable bonds is 6. The first-order chi connectivity index (χ1) is 14.8. The topological polar surface area (TPSA) is 115 Å². The summed E-state index contributed by atoms with van der Waals surface area (Å²) in [6.07, 6.45) is 0.960. The average Bonchev–Trinajstić information content (AvgIpc) is 2.75. The summed E-state index contributed by atoms with van der Waals surface area (Å²) in [5.74, 6) is -1.36. The number of piperazine rings is 1. The first kappa shape index (κ1) is 22.4. The summed E-state index contributed by atoms with van der Waals surface area (Å²) in [5.41, 5.74) is -0.703. The zero-order valence-electron chi connectivity index (χ0n) is 16.8. The third kappa shape index (κ3) is 5.47. The molecule has 2 heterocycles. The minimum atomic E-state index is -0.996. The number of nitrogens with zero attached hydrogens (tertiary/aromatic N) is 4. The number of hydrogen-bond acceptors (Lipinski definition) is 7. The van der Waals surface area contributed by atoms with Crippen molar-refractivity contribution < 1.29 is 19.2 Å². The highest BCUT2D eigenvalue weighted by molar-refractivity contribution is 6.30. The highest BCUT2D eigenvalue weighted by Gasteiger charge is 2.24. The van der Waals surface area contributed by atoms with Crippen LogP contribution in [0.2, 0.25) is 5.02 Å². The van der Waals surface area contributed by atoms with E-state index < -0.39 is 34.2 Å². The molecule has 11 heteroatoms. The zero-order valence-corrected chi connectivity index (χ0v) is 17.6. The van der Waals surface area contributed by atoms with Gasteiger partial charge in [0.2, 0.25) is 5.91 Å². The Morgan fingerprint density at radius 3 is 2.52 bits per heavy atom. The van der Waals surface area contributed by atoms with E-state index in [0.29, 0.717) is 37.7 Å². The van der Waals surface area contributed by atoms with E-state index in [9.17, 15) is 24.5 Å². The SMILES string of the molecule is COC(=O)c1cc([N+](=O)[O-])cn(CC(=O)N2CCN(Cc3cccc(Cl)c3)CC2)c1=O. The third-order valence-electron chi connectivity index (χ3n) is 5.01. The lowest BCUT2D eigenvalue weighted by Gasteiger charge is -2.34. The van der Waals surface area contributed by atoms with E-state index in [4.69, 9.17) is 11.6 Å². The maximum Gasteiger partial charge on any atom is 0.343 e. The largest absolute Gasteiger partial charge is 0.465 e. The summed E-state index contributed by atoms with van der Waals surface area (Å²) in [4.78, 5) is 51.2. The van der Waals surface area contributed by atoms with E-state index in [1.165, 1.54) is 0 Å². The number of carbonyl (C=O) groups is 2. The molecule has 3 rings (SSSR count). The Labute approximate surface area is 182 Å². The van der Waals surface area contributed by atoms with Gasteiger partial charge in [-0.2, -0.15) is 0 Å². The van der Waals surface area contributed by atoms with Gasteiger partial charge in [0.25, 0.3) is 11.2 Å². The smallest absolute Gasteiger partial charge is 0.343 e. The van der Waals surface area contributed by atoms with Gasteiger partial charge >= 0.3 is 5.97 Å². The third-order valence-corrected chi connectivity index (χ3v) is 5.25. The van der Waals surface area contributed by atoms with Crippen LogP contribution in [0.1, 0.15) is 15.9 Å². The molecule has 2 aromatic rings. The van der Waals surface area contributed by atoms with Gasteiger partial charge in [0.1, 0.15) is 12.1 Å². The van der Waals surface area contributed by atoms with Gasteiger partial charge < -0.3 is 9.64 Å². The first-order valence-corrected chi connectivity index (χ1v) is 9.88. The van der Waals surface area contributed by atoms with Crippen molar-refractivity contribution in [3.8, 4) is 0 Å². The number of ether oxygens (including phenoxy) is 1. The van der Waals surface area contributed by atoms with Gasteiger partial charge in [-0.3, -0.25) is 29.2 Å². The van der Waals surface area contributed by atoms with Crippen LogP contribution in [0.3, 0.4) is 0 Å². The van der Waals surface area contributed by atoms with Gasteiger partial charge in [0, 0.05) is 43.8 Å². The number of nitro groups is 1. The molecule has 0 unspecified atom stereocenters. The normalized spacial score (nSPS) is 14.3. The highest BCUT2D eigenvalue weighted by Crippen LogP contribution is 2.15. The fourth-order valence-electron chi connectivity index (χ4n) is 3.39. The van der Waals surface area contributed by atoms with Crippen LogP contribution in [-0.4, -0.2) is 64.5 Å². The Kier molecular flexibility index (Phi) is 7.03. The summed E-state index contributed by atoms with van der Waals surface area (Å²) >= 11 is 6.02. The van der Waals surface area contributed by atoms with Crippen molar-refractivity contribution in [1.29, 1.82) is 0 Å². The van der Waals surface area contributed by atoms with Gasteiger partial charge in [-0.1, -0.05) is 23.7 Å². The number of amides is 1. The van der Waals surface area contributed by atoms with E-state index >= 15 is 0 Å². The van der Waals surface area contributed by atoms with Crippen LogP contribution in [0, 0.1) is 10.1 Å². The molecular formula is C20H21ClN4O6. The lowest BCUT2D eigenvalue weighted by molar-refractivity contribution is -0.385. The van der Waals surface area contributed by atoms with Crippen LogP contribution in [0.4, 0.5) is 5.69 Å². The fourth-order valence-corrected chi connectivity index (χ4v) is 3.60. The predicted molar refractivity (Wildman–Crippen MR) is 112 cm³/mol. The molecule has 0 spiro atoms. The molecule has 0 atom stereocenters. The summed E-state index contributed by atoms with van der Waals surface area (Å²) in [7, 11) is 1.07. The molecule has 0 N–H and O–H groups in total. The van der Waals surface area contributed by atoms with Crippen LogP contribution >= 0.6 is 11.6 Å². The number of methoxy groups -OCH3 is 1. The molecule has 0 saturated carbocycles. The van der Waals surface area contributed by atoms with Crippen molar-refractivity contribution in [2.45, 2.75) is 13.1 Å². The first-order valence-electron chi connectivity index (χ1n) is 9.50. The highest BCUT2D eigenvalue weighted by atomic mass is 35.5. The Morgan fingerprint density at radius 1 is 1.19 bits per heavy atom. The second-order valence-electron chi connectivity index (χ2n) is 7.08. The molecule has 1 aromatic heterocycles. The summed E-state index contributed by atoms with van der Waals surface area (Å²) in [6, 6.07) is 8.42. The number of benzene rings is 1. The Bertz CT molecular complexity index is 1060. The number of hydrogen-bond donors (Lipinski definition) is 0. The van der Waals surface area contributed by atoms with Crippen molar-refractivity contribution in [3.05, 3.63) is 73.1 Å². The zero-order chi connectivity index (χ0) is 22.5. The van der Waals surface area contributed by atoms with Crippen molar-refractivity contribution in [2.24, 2.45) is 0 Å². The quantitative estimate of drug-likeness (QED) is 0.374. The molecule has 1 aliphatic heterocycles. The van der Waals surface area contributed by atoms with E-state index in [1.54, 1.807) is 4.90 Å². The van der Waals surface area contributed by atoms with Gasteiger partial charge in [0.15, 0.2) is 0 Å². The minimum Gasteiger partial charge on any atom is -0.465 e. The second kappa shape index (κ2) is 9.71. The van der Waals surface area contributed by atoms with Crippen molar-refractivity contribution >= 4 is 29.2 Å². The van der Waals surface area contributed by atoms with E-state index in [2.05, 4.69) is 9.64 Å². The number of esters is 1. The number of pyridine rings is 1. The van der Waals surface area contributed by atoms with Gasteiger partial charge in [-0.05, 0) is 17.7 Å². The lowest BCUT2D eigenvalue weighted by Crippen LogP contribution is -2.49. The molecule has 0 radical (unpaired) electrons. The summed E-state index contributed by atoms with van der Waals surface area (Å²) in [5, 5.41) is 11.8. The Hall–Kier alpha value is -3.24.